The summed E-state index contributed by atoms with van der Waals surface area (Å²) in [5.74, 6) is -1.80. The van der Waals surface area contributed by atoms with Crippen LogP contribution in [0.1, 0.15) is 27.0 Å². The van der Waals surface area contributed by atoms with E-state index >= 15 is 0 Å². The van der Waals surface area contributed by atoms with Crippen LogP contribution in [0, 0.1) is 25.5 Å². The Balaban J connectivity index is 1.63. The number of carbonyl (C=O) groups excluding carboxylic acids is 1. The minimum Gasteiger partial charge on any atom is -0.348 e. The van der Waals surface area contributed by atoms with Crippen molar-refractivity contribution in [2.24, 2.45) is 0 Å². The first-order chi connectivity index (χ1) is 13.9. The van der Waals surface area contributed by atoms with E-state index in [4.69, 9.17) is 0 Å². The van der Waals surface area contributed by atoms with Gasteiger partial charge in [0.1, 0.15) is 17.2 Å². The molecular formula is C22H18F2N4O. The molecule has 4 rings (SSSR count). The fraction of sp³-hybridized carbons (Fsp3) is 0.136. The summed E-state index contributed by atoms with van der Waals surface area (Å²) in [6.07, 6.45) is 3.06. The van der Waals surface area contributed by atoms with Gasteiger partial charge in [-0.1, -0.05) is 12.1 Å². The van der Waals surface area contributed by atoms with Crippen LogP contribution < -0.4 is 5.32 Å². The van der Waals surface area contributed by atoms with E-state index in [1.807, 2.05) is 32.0 Å². The monoisotopic (exact) mass is 392 g/mol. The zero-order valence-electron chi connectivity index (χ0n) is 15.9. The number of aromatic nitrogens is 3. The molecule has 29 heavy (non-hydrogen) atoms. The molecule has 0 bridgehead atoms. The van der Waals surface area contributed by atoms with Gasteiger partial charge < -0.3 is 5.32 Å². The molecule has 0 aliphatic heterocycles. The Morgan fingerprint density at radius 2 is 1.79 bits per heavy atom. The molecule has 7 heteroatoms. The van der Waals surface area contributed by atoms with Gasteiger partial charge in [0.15, 0.2) is 5.65 Å². The number of benzene rings is 2. The lowest BCUT2D eigenvalue weighted by molar-refractivity contribution is 0.0952. The summed E-state index contributed by atoms with van der Waals surface area (Å²) in [5.41, 5.74) is 5.13. The predicted molar refractivity (Wildman–Crippen MR) is 105 cm³/mol. The van der Waals surface area contributed by atoms with Crippen LogP contribution in [-0.4, -0.2) is 20.5 Å². The highest BCUT2D eigenvalue weighted by atomic mass is 19.1. The Labute approximate surface area is 166 Å². The first kappa shape index (κ1) is 18.7. The minimum absolute atomic E-state index is 0.0122. The van der Waals surface area contributed by atoms with Gasteiger partial charge >= 0.3 is 0 Å². The molecule has 0 saturated heterocycles. The van der Waals surface area contributed by atoms with E-state index in [0.717, 1.165) is 22.9 Å². The van der Waals surface area contributed by atoms with Crippen molar-refractivity contribution in [1.29, 1.82) is 0 Å². The molecule has 4 aromatic rings. The third-order valence-corrected chi connectivity index (χ3v) is 4.82. The summed E-state index contributed by atoms with van der Waals surface area (Å²) >= 11 is 0. The van der Waals surface area contributed by atoms with Crippen LogP contribution in [0.5, 0.6) is 0 Å². The van der Waals surface area contributed by atoms with Crippen LogP contribution in [0.3, 0.4) is 0 Å². The average Bonchev–Trinajstić information content (AvgIpc) is 3.12. The second-order valence-corrected chi connectivity index (χ2v) is 6.88. The summed E-state index contributed by atoms with van der Waals surface area (Å²) in [4.78, 5) is 16.9. The molecule has 1 N–H and O–H groups in total. The van der Waals surface area contributed by atoms with Crippen LogP contribution in [0.4, 0.5) is 8.78 Å². The standard InChI is InChI=1S/C22H18F2N4O/c1-13-3-4-16(7-14(13)2)20-5-6-25-21-19(12-27-28(20)21)22(29)26-11-15-8-17(23)10-18(24)9-15/h3-10,12H,11H2,1-2H3,(H,26,29). The van der Waals surface area contributed by atoms with Crippen LogP contribution in [0.15, 0.2) is 54.9 Å². The van der Waals surface area contributed by atoms with Crippen molar-refractivity contribution in [2.45, 2.75) is 20.4 Å². The molecule has 2 aromatic carbocycles. The maximum absolute atomic E-state index is 13.3. The van der Waals surface area contributed by atoms with Gasteiger partial charge in [-0.25, -0.2) is 18.3 Å². The van der Waals surface area contributed by atoms with Crippen LogP contribution in [0.25, 0.3) is 16.9 Å². The number of rotatable bonds is 4. The zero-order chi connectivity index (χ0) is 20.5. The van der Waals surface area contributed by atoms with Gasteiger partial charge in [0, 0.05) is 24.4 Å². The molecule has 5 nitrogen and oxygen atoms in total. The molecule has 0 aliphatic rings. The van der Waals surface area contributed by atoms with E-state index in [1.165, 1.54) is 23.9 Å². The number of fused-ring (bicyclic) bond motifs is 1. The first-order valence-electron chi connectivity index (χ1n) is 9.06. The number of hydrogen-bond acceptors (Lipinski definition) is 3. The summed E-state index contributed by atoms with van der Waals surface area (Å²) in [6.45, 7) is 4.07. The molecule has 2 heterocycles. The van der Waals surface area contributed by atoms with Crippen molar-refractivity contribution < 1.29 is 13.6 Å². The molecule has 0 saturated carbocycles. The third-order valence-electron chi connectivity index (χ3n) is 4.82. The van der Waals surface area contributed by atoms with Gasteiger partial charge in [-0.05, 0) is 54.8 Å². The Kier molecular flexibility index (Phi) is 4.80. The fourth-order valence-electron chi connectivity index (χ4n) is 3.16. The zero-order valence-corrected chi connectivity index (χ0v) is 15.9. The Morgan fingerprint density at radius 3 is 2.52 bits per heavy atom. The van der Waals surface area contributed by atoms with Crippen molar-refractivity contribution in [2.75, 3.05) is 0 Å². The summed E-state index contributed by atoms with van der Waals surface area (Å²) in [6, 6.07) is 11.1. The molecule has 0 unspecified atom stereocenters. The SMILES string of the molecule is Cc1ccc(-c2ccnc3c(C(=O)NCc4cc(F)cc(F)c4)cnn23)cc1C. The van der Waals surface area contributed by atoms with Crippen LogP contribution in [-0.2, 0) is 6.54 Å². The highest BCUT2D eigenvalue weighted by Gasteiger charge is 2.16. The molecule has 0 fully saturated rings. The van der Waals surface area contributed by atoms with E-state index < -0.39 is 17.5 Å². The Morgan fingerprint density at radius 1 is 1.03 bits per heavy atom. The highest BCUT2D eigenvalue weighted by molar-refractivity contribution is 5.99. The molecule has 0 atom stereocenters. The topological polar surface area (TPSA) is 59.3 Å². The Bertz CT molecular complexity index is 1210. The lowest BCUT2D eigenvalue weighted by Crippen LogP contribution is -2.23. The van der Waals surface area contributed by atoms with Crippen molar-refractivity contribution in [3.63, 3.8) is 0 Å². The first-order valence-corrected chi connectivity index (χ1v) is 9.06. The van der Waals surface area contributed by atoms with Crippen molar-refractivity contribution in [3.05, 3.63) is 88.7 Å². The highest BCUT2D eigenvalue weighted by Crippen LogP contribution is 2.23. The van der Waals surface area contributed by atoms with Crippen LogP contribution >= 0.6 is 0 Å². The number of amides is 1. The normalized spacial score (nSPS) is 11.0. The van der Waals surface area contributed by atoms with Gasteiger partial charge in [-0.15, -0.1) is 0 Å². The van der Waals surface area contributed by atoms with Crippen LogP contribution in [0.2, 0.25) is 0 Å². The second kappa shape index (κ2) is 7.43. The third kappa shape index (κ3) is 3.71. The predicted octanol–water partition coefficient (Wildman–Crippen LogP) is 4.22. The largest absolute Gasteiger partial charge is 0.348 e. The van der Waals surface area contributed by atoms with E-state index in [1.54, 1.807) is 10.7 Å². The summed E-state index contributed by atoms with van der Waals surface area (Å²) < 4.78 is 28.2. The molecular weight excluding hydrogens is 374 g/mol. The number of halogens is 2. The number of nitrogens with zero attached hydrogens (tertiary/aromatic N) is 3. The van der Waals surface area contributed by atoms with E-state index in [-0.39, 0.29) is 12.1 Å². The molecule has 0 radical (unpaired) electrons. The lowest BCUT2D eigenvalue weighted by atomic mass is 10.0. The van der Waals surface area contributed by atoms with Gasteiger partial charge in [-0.2, -0.15) is 5.10 Å². The van der Waals surface area contributed by atoms with Gasteiger partial charge in [0.25, 0.3) is 5.91 Å². The number of nitrogens with one attached hydrogen (secondary N) is 1. The molecule has 146 valence electrons. The summed E-state index contributed by atoms with van der Waals surface area (Å²) in [5, 5.41) is 6.98. The molecule has 0 aliphatic carbocycles. The number of carbonyl (C=O) groups is 1. The lowest BCUT2D eigenvalue weighted by Gasteiger charge is -2.08. The second-order valence-electron chi connectivity index (χ2n) is 6.88. The van der Waals surface area contributed by atoms with Crippen molar-refractivity contribution >= 4 is 11.6 Å². The summed E-state index contributed by atoms with van der Waals surface area (Å²) in [7, 11) is 0. The maximum atomic E-state index is 13.3. The van der Waals surface area contributed by atoms with Crippen molar-refractivity contribution in [1.82, 2.24) is 19.9 Å². The Hall–Kier alpha value is -3.61. The maximum Gasteiger partial charge on any atom is 0.257 e. The van der Waals surface area contributed by atoms with E-state index in [0.29, 0.717) is 11.2 Å². The van der Waals surface area contributed by atoms with Gasteiger partial charge in [0.05, 0.1) is 11.9 Å². The molecule has 0 spiro atoms. The van der Waals surface area contributed by atoms with Gasteiger partial charge in [-0.3, -0.25) is 4.79 Å². The van der Waals surface area contributed by atoms with Crippen molar-refractivity contribution in [3.8, 4) is 11.3 Å². The number of aryl methyl sites for hydroxylation is 2. The average molecular weight is 392 g/mol. The fourth-order valence-corrected chi connectivity index (χ4v) is 3.16. The quantitative estimate of drug-likeness (QED) is 0.566. The minimum atomic E-state index is -0.690. The molecule has 2 aromatic heterocycles. The number of hydrogen-bond donors (Lipinski definition) is 1. The van der Waals surface area contributed by atoms with E-state index in [2.05, 4.69) is 21.5 Å². The van der Waals surface area contributed by atoms with Gasteiger partial charge in [0.2, 0.25) is 0 Å². The van der Waals surface area contributed by atoms with E-state index in [9.17, 15) is 13.6 Å². The molecule has 1 amide bonds. The smallest absolute Gasteiger partial charge is 0.257 e.